The first kappa shape index (κ1) is 15.9. The number of nitrogens with one attached hydrogen (secondary N) is 1. The molecule has 5 nitrogen and oxygen atoms in total. The summed E-state index contributed by atoms with van der Waals surface area (Å²) in [5.41, 5.74) is 5.74. The molecule has 0 aromatic carbocycles. The zero-order valence-corrected chi connectivity index (χ0v) is 11.1. The van der Waals surface area contributed by atoms with Crippen LogP contribution in [0.2, 0.25) is 0 Å². The second-order valence-corrected chi connectivity index (χ2v) is 5.19. The minimum atomic E-state index is -0.915. The van der Waals surface area contributed by atoms with Gasteiger partial charge in [0.25, 0.3) is 0 Å². The van der Waals surface area contributed by atoms with Crippen LogP contribution in [0.25, 0.3) is 0 Å². The third kappa shape index (κ3) is 6.94. The highest BCUT2D eigenvalue weighted by Crippen LogP contribution is 2.08. The lowest BCUT2D eigenvalue weighted by Crippen LogP contribution is -2.48. The molecule has 0 heterocycles. The average Bonchev–Trinajstić information content (AvgIpc) is 2.14. The molecule has 0 aliphatic rings. The molecule has 0 aliphatic carbocycles. The van der Waals surface area contributed by atoms with Crippen molar-refractivity contribution in [3.63, 3.8) is 0 Å². The first-order valence-electron chi connectivity index (χ1n) is 6.01. The van der Waals surface area contributed by atoms with Crippen molar-refractivity contribution in [1.29, 1.82) is 0 Å². The summed E-state index contributed by atoms with van der Waals surface area (Å²) in [6.07, 6.45) is 0.529. The van der Waals surface area contributed by atoms with Gasteiger partial charge in [0, 0.05) is 6.04 Å². The minimum absolute atomic E-state index is 0.0706. The van der Waals surface area contributed by atoms with Gasteiger partial charge in [0.05, 0.1) is 12.5 Å². The van der Waals surface area contributed by atoms with Crippen LogP contribution in [0.5, 0.6) is 0 Å². The van der Waals surface area contributed by atoms with Crippen molar-refractivity contribution in [3.8, 4) is 0 Å². The third-order valence-corrected chi connectivity index (χ3v) is 2.59. The Morgan fingerprint density at radius 2 is 1.76 bits per heavy atom. The Hall–Kier alpha value is -1.10. The van der Waals surface area contributed by atoms with E-state index in [0.717, 1.165) is 0 Å². The lowest BCUT2D eigenvalue weighted by molar-refractivity contribution is -0.138. The Morgan fingerprint density at radius 1 is 1.24 bits per heavy atom. The van der Waals surface area contributed by atoms with E-state index in [4.69, 9.17) is 10.8 Å². The number of carbonyl (C=O) groups excluding carboxylic acids is 1. The first-order chi connectivity index (χ1) is 7.73. The predicted molar refractivity (Wildman–Crippen MR) is 66.5 cm³/mol. The van der Waals surface area contributed by atoms with Gasteiger partial charge in [0.1, 0.15) is 0 Å². The maximum atomic E-state index is 11.7. The van der Waals surface area contributed by atoms with Crippen LogP contribution in [0.4, 0.5) is 0 Å². The predicted octanol–water partition coefficient (Wildman–Crippen LogP) is 0.975. The number of hydrogen-bond donors (Lipinski definition) is 3. The van der Waals surface area contributed by atoms with Crippen molar-refractivity contribution in [2.75, 3.05) is 0 Å². The van der Waals surface area contributed by atoms with E-state index in [1.165, 1.54) is 0 Å². The summed E-state index contributed by atoms with van der Waals surface area (Å²) in [7, 11) is 0. The summed E-state index contributed by atoms with van der Waals surface area (Å²) in [4.78, 5) is 22.4. The molecule has 0 fully saturated rings. The van der Waals surface area contributed by atoms with Gasteiger partial charge in [-0.1, -0.05) is 27.7 Å². The summed E-state index contributed by atoms with van der Waals surface area (Å²) in [5.74, 6) is -0.769. The second-order valence-electron chi connectivity index (χ2n) is 5.19. The summed E-state index contributed by atoms with van der Waals surface area (Å²) in [6.45, 7) is 7.73. The van der Waals surface area contributed by atoms with Gasteiger partial charge in [-0.15, -0.1) is 0 Å². The summed E-state index contributed by atoms with van der Waals surface area (Å²) in [6, 6.07) is -0.928. The molecule has 1 unspecified atom stereocenters. The van der Waals surface area contributed by atoms with Crippen molar-refractivity contribution < 1.29 is 14.7 Å². The number of hydrogen-bond acceptors (Lipinski definition) is 3. The molecule has 0 saturated heterocycles. The van der Waals surface area contributed by atoms with E-state index >= 15 is 0 Å². The molecule has 0 saturated carbocycles. The van der Waals surface area contributed by atoms with Crippen LogP contribution in [-0.4, -0.2) is 29.1 Å². The molecule has 100 valence electrons. The maximum absolute atomic E-state index is 11.7. The van der Waals surface area contributed by atoms with Crippen LogP contribution in [0, 0.1) is 11.8 Å². The largest absolute Gasteiger partial charge is 0.481 e. The lowest BCUT2D eigenvalue weighted by Gasteiger charge is -2.23. The maximum Gasteiger partial charge on any atom is 0.305 e. The Kier molecular flexibility index (Phi) is 6.80. The number of carboxylic acids is 1. The fourth-order valence-corrected chi connectivity index (χ4v) is 1.55. The fourth-order valence-electron chi connectivity index (χ4n) is 1.55. The summed E-state index contributed by atoms with van der Waals surface area (Å²) in [5, 5.41) is 11.5. The van der Waals surface area contributed by atoms with E-state index in [1.54, 1.807) is 0 Å². The Labute approximate surface area is 103 Å². The van der Waals surface area contributed by atoms with Crippen LogP contribution in [0.3, 0.4) is 0 Å². The Balaban J connectivity index is 4.34. The smallest absolute Gasteiger partial charge is 0.305 e. The topological polar surface area (TPSA) is 92.4 Å². The van der Waals surface area contributed by atoms with Gasteiger partial charge in [0.2, 0.25) is 5.91 Å². The van der Waals surface area contributed by atoms with E-state index in [2.05, 4.69) is 5.32 Å². The quantitative estimate of drug-likeness (QED) is 0.622. The van der Waals surface area contributed by atoms with Gasteiger partial charge >= 0.3 is 5.97 Å². The van der Waals surface area contributed by atoms with Crippen molar-refractivity contribution in [2.24, 2.45) is 17.6 Å². The molecular formula is C12H24N2O3. The molecule has 0 radical (unpaired) electrons. The highest BCUT2D eigenvalue weighted by molar-refractivity contribution is 5.82. The van der Waals surface area contributed by atoms with Crippen LogP contribution in [-0.2, 0) is 9.59 Å². The zero-order valence-electron chi connectivity index (χ0n) is 11.1. The van der Waals surface area contributed by atoms with Crippen LogP contribution in [0.15, 0.2) is 0 Å². The Morgan fingerprint density at radius 3 is 2.12 bits per heavy atom. The minimum Gasteiger partial charge on any atom is -0.481 e. The molecule has 17 heavy (non-hydrogen) atoms. The first-order valence-corrected chi connectivity index (χ1v) is 6.01. The van der Waals surface area contributed by atoms with Crippen LogP contribution >= 0.6 is 0 Å². The molecule has 4 N–H and O–H groups in total. The summed E-state index contributed by atoms with van der Waals surface area (Å²) >= 11 is 0. The highest BCUT2D eigenvalue weighted by Gasteiger charge is 2.22. The molecular weight excluding hydrogens is 220 g/mol. The van der Waals surface area contributed by atoms with Gasteiger partial charge < -0.3 is 16.2 Å². The molecule has 5 heteroatoms. The SMILES string of the molecule is CC(C)C[C@H](N)C(=O)NC(CC(=O)O)C(C)C. The van der Waals surface area contributed by atoms with Crippen LogP contribution < -0.4 is 11.1 Å². The van der Waals surface area contributed by atoms with Gasteiger partial charge in [-0.2, -0.15) is 0 Å². The molecule has 0 bridgehead atoms. The van der Waals surface area contributed by atoms with E-state index < -0.39 is 12.0 Å². The standard InChI is InChI=1S/C12H24N2O3/c1-7(2)5-9(13)12(17)14-10(8(3)4)6-11(15)16/h7-10H,5-6,13H2,1-4H3,(H,14,17)(H,15,16)/t9-,10?/m0/s1. The van der Waals surface area contributed by atoms with E-state index in [1.807, 2.05) is 27.7 Å². The molecule has 0 spiro atoms. The van der Waals surface area contributed by atoms with Crippen molar-refractivity contribution in [3.05, 3.63) is 0 Å². The van der Waals surface area contributed by atoms with E-state index in [-0.39, 0.29) is 24.3 Å². The summed E-state index contributed by atoms with van der Waals surface area (Å²) < 4.78 is 0. The third-order valence-electron chi connectivity index (χ3n) is 2.59. The molecule has 0 aromatic heterocycles. The number of aliphatic carboxylic acids is 1. The van der Waals surface area contributed by atoms with Gasteiger partial charge in [0.15, 0.2) is 0 Å². The van der Waals surface area contributed by atoms with Gasteiger partial charge in [-0.3, -0.25) is 9.59 Å². The van der Waals surface area contributed by atoms with E-state index in [9.17, 15) is 9.59 Å². The number of carboxylic acid groups (broad SMARTS) is 1. The molecule has 1 amide bonds. The van der Waals surface area contributed by atoms with Gasteiger partial charge in [-0.05, 0) is 18.3 Å². The molecule has 2 atom stereocenters. The number of nitrogens with two attached hydrogens (primary N) is 1. The molecule has 0 aromatic rings. The Bertz CT molecular complexity index is 264. The fraction of sp³-hybridized carbons (Fsp3) is 0.833. The second kappa shape index (κ2) is 7.27. The number of amides is 1. The zero-order chi connectivity index (χ0) is 13.6. The lowest BCUT2D eigenvalue weighted by atomic mass is 9.99. The average molecular weight is 244 g/mol. The highest BCUT2D eigenvalue weighted by atomic mass is 16.4. The number of carbonyl (C=O) groups is 2. The normalized spacial score (nSPS) is 14.8. The van der Waals surface area contributed by atoms with Crippen molar-refractivity contribution in [2.45, 2.75) is 52.6 Å². The molecule has 0 rings (SSSR count). The van der Waals surface area contributed by atoms with Crippen molar-refractivity contribution >= 4 is 11.9 Å². The number of rotatable bonds is 7. The van der Waals surface area contributed by atoms with Crippen LogP contribution in [0.1, 0.15) is 40.5 Å². The monoisotopic (exact) mass is 244 g/mol. The van der Waals surface area contributed by atoms with E-state index in [0.29, 0.717) is 12.3 Å². The molecule has 0 aliphatic heterocycles. The van der Waals surface area contributed by atoms with Gasteiger partial charge in [-0.25, -0.2) is 0 Å². The van der Waals surface area contributed by atoms with Crippen molar-refractivity contribution in [1.82, 2.24) is 5.32 Å².